The lowest BCUT2D eigenvalue weighted by Gasteiger charge is -2.19. The van der Waals surface area contributed by atoms with Gasteiger partial charge in [0.1, 0.15) is 5.84 Å². The van der Waals surface area contributed by atoms with Crippen molar-refractivity contribution in [3.05, 3.63) is 125 Å². The van der Waals surface area contributed by atoms with E-state index < -0.39 is 23.7 Å². The van der Waals surface area contributed by atoms with E-state index in [1.54, 1.807) is 60.7 Å². The number of hydrogen-bond donors (Lipinski definition) is 6. The fraction of sp³-hybridized carbons (Fsp3) is 0.129. The Morgan fingerprint density at radius 2 is 1.48 bits per heavy atom. The Kier molecular flexibility index (Phi) is 9.11. The number of alkyl halides is 3. The zero-order valence-electron chi connectivity index (χ0n) is 22.5. The fourth-order valence-corrected chi connectivity index (χ4v) is 4.12. The molecule has 42 heavy (non-hydrogen) atoms. The van der Waals surface area contributed by atoms with Crippen molar-refractivity contribution in [1.29, 1.82) is 5.41 Å². The Balaban J connectivity index is 1.34. The SMILES string of the molecule is CC(Nc1ccccc1NC(=O)Nc1ccc(C(=N)N)cc1)c1ccc(C(=O)NCc2cccc(C(F)(F)F)c2)cc1. The topological polar surface area (TPSA) is 132 Å². The lowest BCUT2D eigenvalue weighted by molar-refractivity contribution is -0.137. The lowest BCUT2D eigenvalue weighted by Crippen LogP contribution is -2.23. The van der Waals surface area contributed by atoms with Crippen molar-refractivity contribution in [3.63, 3.8) is 0 Å². The number of nitrogens with two attached hydrogens (primary N) is 1. The summed E-state index contributed by atoms with van der Waals surface area (Å²) in [6.45, 7) is 1.89. The summed E-state index contributed by atoms with van der Waals surface area (Å²) < 4.78 is 38.8. The molecule has 8 nitrogen and oxygen atoms in total. The molecule has 0 spiro atoms. The molecule has 4 aromatic carbocycles. The van der Waals surface area contributed by atoms with Gasteiger partial charge in [-0.05, 0) is 78.7 Å². The molecule has 0 aromatic heterocycles. The average molecular weight is 575 g/mol. The lowest BCUT2D eigenvalue weighted by atomic mass is 10.0. The van der Waals surface area contributed by atoms with Crippen LogP contribution in [0.1, 0.15) is 45.6 Å². The van der Waals surface area contributed by atoms with Gasteiger partial charge in [0.15, 0.2) is 0 Å². The molecule has 1 unspecified atom stereocenters. The molecule has 0 radical (unpaired) electrons. The van der Waals surface area contributed by atoms with E-state index >= 15 is 0 Å². The molecule has 0 fully saturated rings. The largest absolute Gasteiger partial charge is 0.416 e. The van der Waals surface area contributed by atoms with E-state index in [4.69, 9.17) is 11.1 Å². The Morgan fingerprint density at radius 3 is 2.12 bits per heavy atom. The van der Waals surface area contributed by atoms with Crippen molar-refractivity contribution in [3.8, 4) is 0 Å². The summed E-state index contributed by atoms with van der Waals surface area (Å²) in [5.74, 6) is -0.469. The molecule has 0 bridgehead atoms. The van der Waals surface area contributed by atoms with Crippen LogP contribution >= 0.6 is 0 Å². The van der Waals surface area contributed by atoms with Gasteiger partial charge in [0.05, 0.1) is 16.9 Å². The summed E-state index contributed by atoms with van der Waals surface area (Å²) >= 11 is 0. The first-order chi connectivity index (χ1) is 20.0. The van der Waals surface area contributed by atoms with Gasteiger partial charge in [0, 0.05) is 29.4 Å². The highest BCUT2D eigenvalue weighted by Crippen LogP contribution is 2.30. The van der Waals surface area contributed by atoms with Gasteiger partial charge in [-0.3, -0.25) is 10.2 Å². The van der Waals surface area contributed by atoms with Crippen molar-refractivity contribution in [2.75, 3.05) is 16.0 Å². The minimum atomic E-state index is -4.45. The van der Waals surface area contributed by atoms with E-state index in [0.29, 0.717) is 33.8 Å². The van der Waals surface area contributed by atoms with Gasteiger partial charge >= 0.3 is 12.2 Å². The minimum absolute atomic E-state index is 0.0381. The second-order valence-electron chi connectivity index (χ2n) is 9.48. The minimum Gasteiger partial charge on any atom is -0.384 e. The number of rotatable bonds is 9. The van der Waals surface area contributed by atoms with Crippen molar-refractivity contribution in [2.24, 2.45) is 5.73 Å². The summed E-state index contributed by atoms with van der Waals surface area (Å²) in [6, 6.07) is 24.8. The predicted molar refractivity (Wildman–Crippen MR) is 158 cm³/mol. The normalized spacial score (nSPS) is 11.7. The van der Waals surface area contributed by atoms with E-state index in [9.17, 15) is 22.8 Å². The maximum atomic E-state index is 12.9. The van der Waals surface area contributed by atoms with Gasteiger partial charge < -0.3 is 27.0 Å². The molecule has 0 saturated heterocycles. The van der Waals surface area contributed by atoms with Crippen molar-refractivity contribution >= 4 is 34.8 Å². The molecule has 216 valence electrons. The van der Waals surface area contributed by atoms with E-state index in [0.717, 1.165) is 17.7 Å². The number of nitrogen functional groups attached to an aromatic ring is 1. The van der Waals surface area contributed by atoms with Crippen LogP contribution in [0.15, 0.2) is 97.1 Å². The first kappa shape index (κ1) is 29.7. The van der Waals surface area contributed by atoms with Crippen molar-refractivity contribution in [2.45, 2.75) is 25.7 Å². The van der Waals surface area contributed by atoms with Crippen LogP contribution in [0.25, 0.3) is 0 Å². The molecule has 0 aliphatic heterocycles. The second-order valence-corrected chi connectivity index (χ2v) is 9.48. The molecule has 1 atom stereocenters. The highest BCUT2D eigenvalue weighted by molar-refractivity contribution is 6.02. The van der Waals surface area contributed by atoms with Crippen molar-refractivity contribution in [1.82, 2.24) is 5.32 Å². The standard InChI is InChI=1S/C31H29F3N6O2/c1-19(21-9-11-23(12-10-21)29(41)37-18-20-5-4-6-24(17-20)31(32,33)34)38-26-7-2-3-8-27(26)40-30(42)39-25-15-13-22(14-16-25)28(35)36/h2-17,19,38H,18H2,1H3,(H3,35,36)(H,37,41)(H2,39,40,42). The maximum Gasteiger partial charge on any atom is 0.416 e. The molecule has 7 N–H and O–H groups in total. The third kappa shape index (κ3) is 7.87. The summed E-state index contributed by atoms with van der Waals surface area (Å²) in [5, 5.41) is 19.0. The Labute approximate surface area is 240 Å². The number of carbonyl (C=O) groups is 2. The van der Waals surface area contributed by atoms with E-state index in [-0.39, 0.29) is 18.4 Å². The zero-order valence-corrected chi connectivity index (χ0v) is 22.5. The number of carbonyl (C=O) groups excluding carboxylic acids is 2. The first-order valence-corrected chi connectivity index (χ1v) is 12.9. The summed E-state index contributed by atoms with van der Waals surface area (Å²) in [7, 11) is 0. The number of amidine groups is 1. The van der Waals surface area contributed by atoms with Crippen LogP contribution in [0.2, 0.25) is 0 Å². The summed E-state index contributed by atoms with van der Waals surface area (Å²) in [5.41, 5.74) is 8.59. The smallest absolute Gasteiger partial charge is 0.384 e. The third-order valence-electron chi connectivity index (χ3n) is 6.38. The van der Waals surface area contributed by atoms with E-state index in [2.05, 4.69) is 21.3 Å². The van der Waals surface area contributed by atoms with Gasteiger partial charge in [0.25, 0.3) is 5.91 Å². The molecule has 0 aliphatic carbocycles. The fourth-order valence-electron chi connectivity index (χ4n) is 4.12. The second kappa shape index (κ2) is 12.9. The molecule has 11 heteroatoms. The molecule has 0 aliphatic rings. The molecular weight excluding hydrogens is 545 g/mol. The Morgan fingerprint density at radius 1 is 0.833 bits per heavy atom. The highest BCUT2D eigenvalue weighted by atomic mass is 19.4. The number of amides is 3. The van der Waals surface area contributed by atoms with Gasteiger partial charge in [0.2, 0.25) is 0 Å². The maximum absolute atomic E-state index is 12.9. The van der Waals surface area contributed by atoms with E-state index in [1.165, 1.54) is 12.1 Å². The van der Waals surface area contributed by atoms with Gasteiger partial charge in [-0.1, -0.05) is 36.4 Å². The highest BCUT2D eigenvalue weighted by Gasteiger charge is 2.30. The number of para-hydroxylation sites is 2. The van der Waals surface area contributed by atoms with E-state index in [1.807, 2.05) is 19.1 Å². The molecule has 4 aromatic rings. The van der Waals surface area contributed by atoms with Crippen molar-refractivity contribution < 1.29 is 22.8 Å². The zero-order chi connectivity index (χ0) is 30.3. The Hall–Kier alpha value is -5.32. The number of hydrogen-bond acceptors (Lipinski definition) is 4. The molecule has 0 heterocycles. The summed E-state index contributed by atoms with van der Waals surface area (Å²) in [6.07, 6.45) is -4.45. The third-order valence-corrected chi connectivity index (χ3v) is 6.38. The molecule has 3 amide bonds. The molecule has 0 saturated carbocycles. The quantitative estimate of drug-likeness (QED) is 0.0976. The Bertz CT molecular complexity index is 1570. The van der Waals surface area contributed by atoms with Crippen LogP contribution < -0.4 is 27.0 Å². The number of halogens is 3. The average Bonchev–Trinajstić information content (AvgIpc) is 2.97. The van der Waals surface area contributed by atoms with Crippen LogP contribution in [-0.4, -0.2) is 17.8 Å². The molecular formula is C31H29F3N6O2. The monoisotopic (exact) mass is 574 g/mol. The van der Waals surface area contributed by atoms with Gasteiger partial charge in [-0.25, -0.2) is 4.79 Å². The van der Waals surface area contributed by atoms with Crippen LogP contribution in [0, 0.1) is 5.41 Å². The van der Waals surface area contributed by atoms with Crippen LogP contribution in [0.4, 0.5) is 35.0 Å². The number of urea groups is 1. The number of benzene rings is 4. The number of anilines is 3. The summed E-state index contributed by atoms with van der Waals surface area (Å²) in [4.78, 5) is 25.2. The number of nitrogens with one attached hydrogen (secondary N) is 5. The van der Waals surface area contributed by atoms with Crippen LogP contribution in [-0.2, 0) is 12.7 Å². The first-order valence-electron chi connectivity index (χ1n) is 12.9. The predicted octanol–water partition coefficient (Wildman–Crippen LogP) is 6.74. The van der Waals surface area contributed by atoms with Crippen LogP contribution in [0.3, 0.4) is 0 Å². The molecule has 4 rings (SSSR count). The van der Waals surface area contributed by atoms with Gasteiger partial charge in [-0.15, -0.1) is 0 Å². The van der Waals surface area contributed by atoms with Gasteiger partial charge in [-0.2, -0.15) is 13.2 Å². The van der Waals surface area contributed by atoms with Crippen LogP contribution in [0.5, 0.6) is 0 Å².